The number of nitrogens with one attached hydrogen (secondary N) is 1. The molecule has 0 aromatic heterocycles. The molecule has 0 aliphatic rings. The van der Waals surface area contributed by atoms with E-state index >= 15 is 0 Å². The number of hydrogen-bond acceptors (Lipinski definition) is 5. The lowest BCUT2D eigenvalue weighted by Crippen LogP contribution is -2.29. The molecule has 0 aliphatic carbocycles. The molecule has 0 aliphatic heterocycles. The smallest absolute Gasteiger partial charge is 0.428 e. The fourth-order valence-corrected chi connectivity index (χ4v) is 1.50. The summed E-state index contributed by atoms with van der Waals surface area (Å²) in [5.74, 6) is 1.27. The van der Waals surface area contributed by atoms with Crippen LogP contribution in [-0.2, 0) is 4.74 Å². The Morgan fingerprint density at radius 2 is 2.05 bits per heavy atom. The van der Waals surface area contributed by atoms with Gasteiger partial charge in [-0.15, -0.1) is 0 Å². The van der Waals surface area contributed by atoms with E-state index < -0.39 is 11.7 Å². The summed E-state index contributed by atoms with van der Waals surface area (Å²) in [6.45, 7) is 7.82. The van der Waals surface area contributed by atoms with Gasteiger partial charge in [0.15, 0.2) is 11.5 Å². The summed E-state index contributed by atoms with van der Waals surface area (Å²) in [6.07, 6.45) is 0.902. The van der Waals surface area contributed by atoms with Gasteiger partial charge in [0.2, 0.25) is 0 Å². The lowest BCUT2D eigenvalue weighted by molar-refractivity contribution is 0.0529. The predicted octanol–water partition coefficient (Wildman–Crippen LogP) is 2.95. The van der Waals surface area contributed by atoms with Crippen LogP contribution in [0.3, 0.4) is 0 Å². The van der Waals surface area contributed by atoms with Gasteiger partial charge in [-0.25, -0.2) is 10.2 Å². The van der Waals surface area contributed by atoms with Crippen molar-refractivity contribution in [3.8, 4) is 11.5 Å². The number of methoxy groups -OCH3 is 1. The van der Waals surface area contributed by atoms with Gasteiger partial charge in [-0.3, -0.25) is 0 Å². The minimum Gasteiger partial charge on any atom is -0.493 e. The van der Waals surface area contributed by atoms with Crippen molar-refractivity contribution < 1.29 is 19.0 Å². The second-order valence-corrected chi connectivity index (χ2v) is 5.22. The molecule has 1 N–H and O–H groups in total. The average Bonchev–Trinajstić information content (AvgIpc) is 2.38. The van der Waals surface area contributed by atoms with Crippen LogP contribution < -0.4 is 14.9 Å². The zero-order valence-corrected chi connectivity index (χ0v) is 13.1. The standard InChI is InChI=1S/C15H22N2O4/c1-6-20-12-8-7-11(9-13(12)19-5)10-16-17-14(18)21-15(2,3)4/h7-10H,6H2,1-5H3,(H,17,18)/b16-10-. The molecular weight excluding hydrogens is 272 g/mol. The van der Waals surface area contributed by atoms with E-state index in [1.165, 1.54) is 6.21 Å². The zero-order chi connectivity index (χ0) is 15.9. The summed E-state index contributed by atoms with van der Waals surface area (Å²) in [4.78, 5) is 11.4. The molecule has 0 saturated heterocycles. The van der Waals surface area contributed by atoms with Crippen LogP contribution in [0.1, 0.15) is 33.3 Å². The summed E-state index contributed by atoms with van der Waals surface area (Å²) < 4.78 is 15.7. The number of hydrogen-bond donors (Lipinski definition) is 1. The molecule has 1 aromatic rings. The Balaban J connectivity index is 2.66. The normalized spacial score (nSPS) is 11.3. The van der Waals surface area contributed by atoms with E-state index in [9.17, 15) is 4.79 Å². The lowest BCUT2D eigenvalue weighted by atomic mass is 10.2. The van der Waals surface area contributed by atoms with Crippen LogP contribution in [0.5, 0.6) is 11.5 Å². The molecule has 0 atom stereocenters. The third kappa shape index (κ3) is 6.16. The second kappa shape index (κ2) is 7.52. The Kier molecular flexibility index (Phi) is 6.02. The highest BCUT2D eigenvalue weighted by molar-refractivity contribution is 5.82. The first-order chi connectivity index (χ1) is 9.85. The number of benzene rings is 1. The maximum atomic E-state index is 11.4. The summed E-state index contributed by atoms with van der Waals surface area (Å²) in [7, 11) is 1.57. The largest absolute Gasteiger partial charge is 0.493 e. The Morgan fingerprint density at radius 3 is 2.62 bits per heavy atom. The quantitative estimate of drug-likeness (QED) is 0.669. The minimum absolute atomic E-state index is 0.554. The van der Waals surface area contributed by atoms with Crippen molar-refractivity contribution in [3.05, 3.63) is 23.8 Å². The van der Waals surface area contributed by atoms with Crippen LogP contribution in [0.15, 0.2) is 23.3 Å². The first kappa shape index (κ1) is 16.8. The highest BCUT2D eigenvalue weighted by atomic mass is 16.6. The molecule has 0 spiro atoms. The van der Waals surface area contributed by atoms with Crippen LogP contribution in [0.25, 0.3) is 0 Å². The van der Waals surface area contributed by atoms with Gasteiger partial charge in [0.05, 0.1) is 19.9 Å². The number of hydrazone groups is 1. The highest BCUT2D eigenvalue weighted by Gasteiger charge is 2.15. The number of rotatable bonds is 5. The fraction of sp³-hybridized carbons (Fsp3) is 0.467. The Labute approximate surface area is 125 Å². The first-order valence-electron chi connectivity index (χ1n) is 6.68. The van der Waals surface area contributed by atoms with Gasteiger partial charge in [0.25, 0.3) is 0 Å². The maximum absolute atomic E-state index is 11.4. The molecule has 116 valence electrons. The van der Waals surface area contributed by atoms with Gasteiger partial charge in [0, 0.05) is 0 Å². The van der Waals surface area contributed by atoms with Crippen LogP contribution in [-0.4, -0.2) is 31.6 Å². The van der Waals surface area contributed by atoms with Crippen molar-refractivity contribution in [3.63, 3.8) is 0 Å². The van der Waals surface area contributed by atoms with Crippen molar-refractivity contribution in [1.82, 2.24) is 5.43 Å². The van der Waals surface area contributed by atoms with Crippen LogP contribution in [0.4, 0.5) is 4.79 Å². The Morgan fingerprint density at radius 1 is 1.33 bits per heavy atom. The number of ether oxygens (including phenoxy) is 3. The third-order valence-corrected chi connectivity index (χ3v) is 2.26. The molecular formula is C15H22N2O4. The predicted molar refractivity (Wildman–Crippen MR) is 81.1 cm³/mol. The van der Waals surface area contributed by atoms with Crippen molar-refractivity contribution in [2.75, 3.05) is 13.7 Å². The van der Waals surface area contributed by atoms with Crippen molar-refractivity contribution in [2.45, 2.75) is 33.3 Å². The fourth-order valence-electron chi connectivity index (χ4n) is 1.50. The van der Waals surface area contributed by atoms with E-state index in [1.54, 1.807) is 40.0 Å². The molecule has 0 bridgehead atoms. The average molecular weight is 294 g/mol. The minimum atomic E-state index is -0.600. The van der Waals surface area contributed by atoms with Gasteiger partial charge in [0.1, 0.15) is 5.60 Å². The molecule has 6 heteroatoms. The number of carbonyl (C=O) groups excluding carboxylic acids is 1. The van der Waals surface area contributed by atoms with E-state index in [0.29, 0.717) is 18.1 Å². The molecule has 0 saturated carbocycles. The van der Waals surface area contributed by atoms with E-state index in [4.69, 9.17) is 14.2 Å². The first-order valence-corrected chi connectivity index (χ1v) is 6.68. The van der Waals surface area contributed by atoms with Gasteiger partial charge < -0.3 is 14.2 Å². The molecule has 1 rings (SSSR count). The monoisotopic (exact) mass is 294 g/mol. The molecule has 0 fully saturated rings. The summed E-state index contributed by atoms with van der Waals surface area (Å²) >= 11 is 0. The zero-order valence-electron chi connectivity index (χ0n) is 13.1. The Hall–Kier alpha value is -2.24. The molecule has 0 heterocycles. The van der Waals surface area contributed by atoms with E-state index in [-0.39, 0.29) is 0 Å². The summed E-state index contributed by atoms with van der Waals surface area (Å²) in [5.41, 5.74) is 2.52. The molecule has 21 heavy (non-hydrogen) atoms. The van der Waals surface area contributed by atoms with Gasteiger partial charge in [-0.1, -0.05) is 0 Å². The number of amides is 1. The topological polar surface area (TPSA) is 69.2 Å². The summed E-state index contributed by atoms with van der Waals surface area (Å²) in [5, 5.41) is 3.83. The SMILES string of the molecule is CCOc1ccc(/C=N\NC(=O)OC(C)(C)C)cc1OC. The number of nitrogens with zero attached hydrogens (tertiary/aromatic N) is 1. The van der Waals surface area contributed by atoms with E-state index in [2.05, 4.69) is 10.5 Å². The van der Waals surface area contributed by atoms with Crippen molar-refractivity contribution in [1.29, 1.82) is 0 Å². The number of carbonyl (C=O) groups is 1. The molecule has 1 amide bonds. The molecule has 0 radical (unpaired) electrons. The molecule has 6 nitrogen and oxygen atoms in total. The van der Waals surface area contributed by atoms with Gasteiger partial charge in [-0.05, 0) is 51.5 Å². The lowest BCUT2D eigenvalue weighted by Gasteiger charge is -2.18. The van der Waals surface area contributed by atoms with Crippen LogP contribution in [0, 0.1) is 0 Å². The van der Waals surface area contributed by atoms with Crippen LogP contribution in [0.2, 0.25) is 0 Å². The van der Waals surface area contributed by atoms with E-state index in [1.807, 2.05) is 13.0 Å². The second-order valence-electron chi connectivity index (χ2n) is 5.22. The molecule has 1 aromatic carbocycles. The highest BCUT2D eigenvalue weighted by Crippen LogP contribution is 2.27. The van der Waals surface area contributed by atoms with E-state index in [0.717, 1.165) is 5.56 Å². The molecule has 0 unspecified atom stereocenters. The Bertz CT molecular complexity index is 507. The van der Waals surface area contributed by atoms with Crippen LogP contribution >= 0.6 is 0 Å². The van der Waals surface area contributed by atoms with Gasteiger partial charge in [-0.2, -0.15) is 5.10 Å². The third-order valence-electron chi connectivity index (χ3n) is 2.26. The maximum Gasteiger partial charge on any atom is 0.428 e. The summed E-state index contributed by atoms with van der Waals surface area (Å²) in [6, 6.07) is 5.37. The van der Waals surface area contributed by atoms with Crippen molar-refractivity contribution >= 4 is 12.3 Å². The van der Waals surface area contributed by atoms with Crippen molar-refractivity contribution in [2.24, 2.45) is 5.10 Å². The van der Waals surface area contributed by atoms with Gasteiger partial charge >= 0.3 is 6.09 Å².